The van der Waals surface area contributed by atoms with Crippen LogP contribution in [-0.4, -0.2) is 10.7 Å². The molecule has 0 N–H and O–H groups in total. The second kappa shape index (κ2) is 5.68. The summed E-state index contributed by atoms with van der Waals surface area (Å²) >= 11 is 1.61. The van der Waals surface area contributed by atoms with E-state index in [2.05, 4.69) is 4.98 Å². The average Bonchev–Trinajstić information content (AvgIpc) is 2.90. The minimum absolute atomic E-state index is 0.437. The van der Waals surface area contributed by atoms with Gasteiger partial charge in [0.15, 0.2) is 0 Å². The highest BCUT2D eigenvalue weighted by Gasteiger charge is 2.30. The second-order valence-corrected chi connectivity index (χ2v) is 5.97. The van der Waals surface area contributed by atoms with E-state index in [1.165, 1.54) is 6.07 Å². The molecule has 3 rings (SSSR count). The van der Waals surface area contributed by atoms with Crippen molar-refractivity contribution in [3.63, 3.8) is 0 Å². The number of nitrogens with zero attached hydrogens (tertiary/aromatic N) is 1. The number of hydrogen-bond acceptors (Lipinski definition) is 3. The van der Waals surface area contributed by atoms with Crippen molar-refractivity contribution in [3.05, 3.63) is 48.3 Å². The van der Waals surface area contributed by atoms with E-state index in [0.717, 1.165) is 28.3 Å². The van der Waals surface area contributed by atoms with Crippen LogP contribution >= 0.6 is 11.8 Å². The largest absolute Gasteiger partial charge is 0.456 e. The molecule has 0 aliphatic heterocycles. The zero-order valence-electron chi connectivity index (χ0n) is 11.6. The molecule has 22 heavy (non-hydrogen) atoms. The number of aromatic nitrogens is 1. The Balaban J connectivity index is 2.09. The van der Waals surface area contributed by atoms with E-state index in [-0.39, 0.29) is 0 Å². The van der Waals surface area contributed by atoms with Gasteiger partial charge < -0.3 is 4.42 Å². The molecule has 6 heteroatoms. The van der Waals surface area contributed by atoms with E-state index in [0.29, 0.717) is 16.7 Å². The Morgan fingerprint density at radius 2 is 2.00 bits per heavy atom. The second-order valence-electron chi connectivity index (χ2n) is 4.67. The van der Waals surface area contributed by atoms with Crippen LogP contribution in [0.3, 0.4) is 0 Å². The number of hydrogen-bond donors (Lipinski definition) is 0. The molecule has 2 heterocycles. The molecular formula is C16H12F3NOS. The van der Waals surface area contributed by atoms with Crippen LogP contribution < -0.4 is 0 Å². The predicted octanol–water partition coefficient (Wildman–Crippen LogP) is 5.63. The van der Waals surface area contributed by atoms with E-state index in [1.807, 2.05) is 6.92 Å². The zero-order valence-corrected chi connectivity index (χ0v) is 12.5. The summed E-state index contributed by atoms with van der Waals surface area (Å²) in [6.45, 7) is 2.02. The Hall–Kier alpha value is -1.95. The third-order valence-electron chi connectivity index (χ3n) is 3.19. The first-order chi connectivity index (χ1) is 10.5. The molecule has 0 amide bonds. The molecule has 0 aliphatic carbocycles. The van der Waals surface area contributed by atoms with Gasteiger partial charge in [0.25, 0.3) is 0 Å². The number of pyridine rings is 1. The number of alkyl halides is 3. The van der Waals surface area contributed by atoms with Gasteiger partial charge in [-0.3, -0.25) is 4.98 Å². The first-order valence-electron chi connectivity index (χ1n) is 6.67. The zero-order chi connectivity index (χ0) is 15.7. The average molecular weight is 323 g/mol. The summed E-state index contributed by atoms with van der Waals surface area (Å²) in [6.07, 6.45) is -0.979. The summed E-state index contributed by atoms with van der Waals surface area (Å²) in [5.41, 5.74) is 0.601. The minimum atomic E-state index is -4.36. The third-order valence-corrected chi connectivity index (χ3v) is 4.12. The number of rotatable bonds is 3. The van der Waals surface area contributed by atoms with Gasteiger partial charge in [-0.2, -0.15) is 13.2 Å². The van der Waals surface area contributed by atoms with Crippen LogP contribution in [0.15, 0.2) is 52.0 Å². The standard InChI is InChI=1S/C16H12F3NOS/c1-2-22-15-9-20-6-5-12(15)14-8-10-7-11(16(17,18)19)3-4-13(10)21-14/h3-9H,2H2,1H3. The fourth-order valence-corrected chi connectivity index (χ4v) is 2.98. The molecule has 2 aromatic heterocycles. The number of furan rings is 1. The van der Waals surface area contributed by atoms with Crippen molar-refractivity contribution in [1.29, 1.82) is 0 Å². The Labute approximate surface area is 129 Å². The van der Waals surface area contributed by atoms with Crippen LogP contribution in [0, 0.1) is 0 Å². The van der Waals surface area contributed by atoms with Gasteiger partial charge in [-0.05, 0) is 36.1 Å². The maximum Gasteiger partial charge on any atom is 0.416 e. The van der Waals surface area contributed by atoms with Gasteiger partial charge in [0.05, 0.1) is 5.56 Å². The van der Waals surface area contributed by atoms with E-state index in [1.54, 1.807) is 36.3 Å². The predicted molar refractivity (Wildman–Crippen MR) is 80.8 cm³/mol. The Bertz CT molecular complexity index is 811. The molecular weight excluding hydrogens is 311 g/mol. The highest BCUT2D eigenvalue weighted by Crippen LogP contribution is 2.36. The third kappa shape index (κ3) is 2.83. The maximum absolute atomic E-state index is 12.8. The van der Waals surface area contributed by atoms with Crippen molar-refractivity contribution in [1.82, 2.24) is 4.98 Å². The van der Waals surface area contributed by atoms with Gasteiger partial charge in [0, 0.05) is 28.2 Å². The lowest BCUT2D eigenvalue weighted by molar-refractivity contribution is -0.137. The van der Waals surface area contributed by atoms with E-state index in [9.17, 15) is 13.2 Å². The van der Waals surface area contributed by atoms with Crippen molar-refractivity contribution in [2.75, 3.05) is 5.75 Å². The number of fused-ring (bicyclic) bond motifs is 1. The number of halogens is 3. The highest BCUT2D eigenvalue weighted by atomic mass is 32.2. The van der Waals surface area contributed by atoms with Crippen molar-refractivity contribution in [2.24, 2.45) is 0 Å². The van der Waals surface area contributed by atoms with Gasteiger partial charge in [-0.1, -0.05) is 6.92 Å². The van der Waals surface area contributed by atoms with Crippen molar-refractivity contribution < 1.29 is 17.6 Å². The molecule has 1 aromatic carbocycles. The molecule has 0 unspecified atom stereocenters. The Kier molecular flexibility index (Phi) is 3.87. The van der Waals surface area contributed by atoms with Gasteiger partial charge in [0.1, 0.15) is 11.3 Å². The summed E-state index contributed by atoms with van der Waals surface area (Å²) < 4.78 is 44.0. The minimum Gasteiger partial charge on any atom is -0.456 e. The molecule has 0 atom stereocenters. The topological polar surface area (TPSA) is 26.0 Å². The fraction of sp³-hybridized carbons (Fsp3) is 0.188. The molecule has 0 bridgehead atoms. The van der Waals surface area contributed by atoms with Crippen LogP contribution in [0.25, 0.3) is 22.3 Å². The number of benzene rings is 1. The molecule has 0 fully saturated rings. The molecule has 0 radical (unpaired) electrons. The normalized spacial score (nSPS) is 12.0. The van der Waals surface area contributed by atoms with Crippen LogP contribution in [0.5, 0.6) is 0 Å². The van der Waals surface area contributed by atoms with Crippen molar-refractivity contribution >= 4 is 22.7 Å². The van der Waals surface area contributed by atoms with Crippen LogP contribution in [-0.2, 0) is 6.18 Å². The Morgan fingerprint density at radius 1 is 1.18 bits per heavy atom. The molecule has 3 aromatic rings. The van der Waals surface area contributed by atoms with Gasteiger partial charge in [0.2, 0.25) is 0 Å². The Morgan fingerprint density at radius 3 is 2.73 bits per heavy atom. The SMILES string of the molecule is CCSc1cnccc1-c1cc2cc(C(F)(F)F)ccc2o1. The molecule has 0 saturated carbocycles. The van der Waals surface area contributed by atoms with Crippen LogP contribution in [0.1, 0.15) is 12.5 Å². The summed E-state index contributed by atoms with van der Waals surface area (Å²) in [5, 5.41) is 0.439. The van der Waals surface area contributed by atoms with E-state index >= 15 is 0 Å². The van der Waals surface area contributed by atoms with Crippen LogP contribution in [0.4, 0.5) is 13.2 Å². The summed E-state index contributed by atoms with van der Waals surface area (Å²) in [7, 11) is 0. The van der Waals surface area contributed by atoms with Gasteiger partial charge >= 0.3 is 6.18 Å². The summed E-state index contributed by atoms with van der Waals surface area (Å²) in [6, 6.07) is 6.94. The first kappa shape index (κ1) is 15.0. The molecule has 114 valence electrons. The number of thioether (sulfide) groups is 1. The summed E-state index contributed by atoms with van der Waals surface area (Å²) in [5.74, 6) is 1.42. The molecule has 2 nitrogen and oxygen atoms in total. The van der Waals surface area contributed by atoms with E-state index < -0.39 is 11.7 Å². The quantitative estimate of drug-likeness (QED) is 0.585. The lowest BCUT2D eigenvalue weighted by Gasteiger charge is -2.05. The van der Waals surface area contributed by atoms with Gasteiger partial charge in [-0.25, -0.2) is 0 Å². The van der Waals surface area contributed by atoms with Crippen molar-refractivity contribution in [2.45, 2.75) is 18.0 Å². The van der Waals surface area contributed by atoms with Crippen LogP contribution in [0.2, 0.25) is 0 Å². The first-order valence-corrected chi connectivity index (χ1v) is 7.65. The molecule has 0 aliphatic rings. The maximum atomic E-state index is 12.8. The molecule has 0 spiro atoms. The lowest BCUT2D eigenvalue weighted by Crippen LogP contribution is -2.03. The van der Waals surface area contributed by atoms with Gasteiger partial charge in [-0.15, -0.1) is 11.8 Å². The van der Waals surface area contributed by atoms with Crippen molar-refractivity contribution in [3.8, 4) is 11.3 Å². The highest BCUT2D eigenvalue weighted by molar-refractivity contribution is 7.99. The lowest BCUT2D eigenvalue weighted by atomic mass is 10.1. The monoisotopic (exact) mass is 323 g/mol. The van der Waals surface area contributed by atoms with E-state index in [4.69, 9.17) is 4.42 Å². The molecule has 0 saturated heterocycles. The smallest absolute Gasteiger partial charge is 0.416 e. The fourth-order valence-electron chi connectivity index (χ4n) is 2.21. The summed E-state index contributed by atoms with van der Waals surface area (Å²) in [4.78, 5) is 5.02.